The molecule has 0 aromatic carbocycles. The highest BCUT2D eigenvalue weighted by Gasteiger charge is 2.32. The van der Waals surface area contributed by atoms with Crippen molar-refractivity contribution in [3.05, 3.63) is 0 Å². The van der Waals surface area contributed by atoms with Crippen LogP contribution in [0.3, 0.4) is 0 Å². The Morgan fingerprint density at radius 3 is 2.81 bits per heavy atom. The van der Waals surface area contributed by atoms with E-state index in [1.165, 1.54) is 0 Å². The van der Waals surface area contributed by atoms with Crippen LogP contribution in [0.1, 0.15) is 39.0 Å². The normalized spacial score (nSPS) is 29.4. The summed E-state index contributed by atoms with van der Waals surface area (Å²) in [5.74, 6) is 0.0792. The number of hydrogen-bond donors (Lipinski definition) is 3. The Morgan fingerprint density at radius 1 is 1.33 bits per heavy atom. The largest absolute Gasteiger partial charge is 0.391 e. The predicted octanol–water partition coefficient (Wildman–Crippen LogP) is -0.136. The van der Waals surface area contributed by atoms with Crippen molar-refractivity contribution in [2.24, 2.45) is 5.92 Å². The molecule has 0 radical (unpaired) electrons. The maximum atomic E-state index is 12.4. The van der Waals surface area contributed by atoms with Crippen LogP contribution in [0.5, 0.6) is 0 Å². The van der Waals surface area contributed by atoms with E-state index in [-0.39, 0.29) is 23.8 Å². The number of β-amino-alcohol motifs (C(OH)–C–C–N with tert-alkyl or cyclic N) is 1. The summed E-state index contributed by atoms with van der Waals surface area (Å²) in [6.07, 6.45) is 3.63. The lowest BCUT2D eigenvalue weighted by atomic mass is 10.00. The molecule has 3 N–H and O–H groups in total. The van der Waals surface area contributed by atoms with Crippen LogP contribution in [0.25, 0.3) is 0 Å². The van der Waals surface area contributed by atoms with E-state index in [0.717, 1.165) is 32.2 Å². The fourth-order valence-electron chi connectivity index (χ4n) is 3.14. The van der Waals surface area contributed by atoms with Crippen molar-refractivity contribution < 1.29 is 14.7 Å². The maximum absolute atomic E-state index is 12.4. The summed E-state index contributed by atoms with van der Waals surface area (Å²) in [6, 6.07) is -0.329. The van der Waals surface area contributed by atoms with Crippen LogP contribution in [0.4, 0.5) is 0 Å². The lowest BCUT2D eigenvalue weighted by Crippen LogP contribution is -2.52. The minimum Gasteiger partial charge on any atom is -0.391 e. The van der Waals surface area contributed by atoms with E-state index in [0.29, 0.717) is 26.1 Å². The second kappa shape index (κ2) is 7.75. The van der Waals surface area contributed by atoms with Gasteiger partial charge in [-0.05, 0) is 25.7 Å². The first-order valence-electron chi connectivity index (χ1n) is 8.09. The molecule has 120 valence electrons. The zero-order chi connectivity index (χ0) is 15.2. The molecule has 6 heteroatoms. The van der Waals surface area contributed by atoms with Gasteiger partial charge in [0, 0.05) is 38.5 Å². The summed E-state index contributed by atoms with van der Waals surface area (Å²) in [6.45, 7) is 4.45. The molecule has 3 atom stereocenters. The van der Waals surface area contributed by atoms with Gasteiger partial charge in [0.1, 0.15) is 6.04 Å². The van der Waals surface area contributed by atoms with Gasteiger partial charge in [0.15, 0.2) is 0 Å². The number of carbonyl (C=O) groups is 2. The second-order valence-corrected chi connectivity index (χ2v) is 6.08. The van der Waals surface area contributed by atoms with Crippen LogP contribution in [0.2, 0.25) is 0 Å². The average molecular weight is 297 g/mol. The van der Waals surface area contributed by atoms with E-state index in [4.69, 9.17) is 0 Å². The van der Waals surface area contributed by atoms with Gasteiger partial charge in [-0.3, -0.25) is 9.59 Å². The Labute approximate surface area is 126 Å². The summed E-state index contributed by atoms with van der Waals surface area (Å²) in [5, 5.41) is 15.8. The van der Waals surface area contributed by atoms with Crippen LogP contribution in [-0.4, -0.2) is 60.1 Å². The zero-order valence-corrected chi connectivity index (χ0v) is 12.8. The number of nitrogens with zero attached hydrogens (tertiary/aromatic N) is 1. The van der Waals surface area contributed by atoms with Crippen LogP contribution < -0.4 is 10.6 Å². The van der Waals surface area contributed by atoms with Gasteiger partial charge in [0.05, 0.1) is 6.10 Å². The van der Waals surface area contributed by atoms with Crippen LogP contribution >= 0.6 is 0 Å². The summed E-state index contributed by atoms with van der Waals surface area (Å²) in [4.78, 5) is 26.2. The third kappa shape index (κ3) is 4.17. The summed E-state index contributed by atoms with van der Waals surface area (Å²) >= 11 is 0. The van der Waals surface area contributed by atoms with Crippen molar-refractivity contribution >= 4 is 11.8 Å². The number of aliphatic hydroxyl groups is 1. The summed E-state index contributed by atoms with van der Waals surface area (Å²) < 4.78 is 0. The topological polar surface area (TPSA) is 81.7 Å². The molecular formula is C15H27N3O3. The maximum Gasteiger partial charge on any atom is 0.242 e. The second-order valence-electron chi connectivity index (χ2n) is 6.08. The van der Waals surface area contributed by atoms with Crippen molar-refractivity contribution in [1.29, 1.82) is 0 Å². The van der Waals surface area contributed by atoms with Gasteiger partial charge in [0.2, 0.25) is 11.8 Å². The van der Waals surface area contributed by atoms with E-state index in [9.17, 15) is 14.7 Å². The number of nitrogens with one attached hydrogen (secondary N) is 2. The number of hydrogen-bond acceptors (Lipinski definition) is 4. The van der Waals surface area contributed by atoms with E-state index in [1.54, 1.807) is 4.90 Å². The Balaban J connectivity index is 1.87. The average Bonchev–Trinajstić information content (AvgIpc) is 2.90. The molecule has 2 rings (SSSR count). The lowest BCUT2D eigenvalue weighted by molar-refractivity contribution is -0.142. The number of carbonyl (C=O) groups excluding carboxylic acids is 2. The zero-order valence-electron chi connectivity index (χ0n) is 12.8. The first-order valence-corrected chi connectivity index (χ1v) is 8.09. The Hall–Kier alpha value is -1.14. The third-order valence-electron chi connectivity index (χ3n) is 4.43. The van der Waals surface area contributed by atoms with E-state index in [1.807, 2.05) is 6.92 Å². The van der Waals surface area contributed by atoms with Crippen molar-refractivity contribution in [3.8, 4) is 0 Å². The minimum absolute atomic E-state index is 0.0670. The molecule has 0 aliphatic carbocycles. The quantitative estimate of drug-likeness (QED) is 0.660. The van der Waals surface area contributed by atoms with Crippen LogP contribution in [0, 0.1) is 5.92 Å². The molecule has 0 aromatic rings. The smallest absolute Gasteiger partial charge is 0.242 e. The van der Waals surface area contributed by atoms with Crippen molar-refractivity contribution in [2.75, 3.05) is 26.2 Å². The lowest BCUT2D eigenvalue weighted by Gasteiger charge is -2.35. The molecule has 0 bridgehead atoms. The van der Waals surface area contributed by atoms with E-state index < -0.39 is 6.10 Å². The fourth-order valence-corrected chi connectivity index (χ4v) is 3.14. The highest BCUT2D eigenvalue weighted by atomic mass is 16.3. The molecule has 21 heavy (non-hydrogen) atoms. The number of aliphatic hydroxyl groups excluding tert-OH is 1. The summed E-state index contributed by atoms with van der Waals surface area (Å²) in [7, 11) is 0. The molecule has 0 saturated carbocycles. The molecule has 2 fully saturated rings. The first kappa shape index (κ1) is 16.2. The van der Waals surface area contributed by atoms with Gasteiger partial charge in [0.25, 0.3) is 0 Å². The van der Waals surface area contributed by atoms with Crippen molar-refractivity contribution in [1.82, 2.24) is 15.5 Å². The SMILES string of the molecule is CCCC(=O)N1CCCCC1C(=O)NCC1CNCC1O. The van der Waals surface area contributed by atoms with Gasteiger partial charge in [-0.1, -0.05) is 6.92 Å². The number of rotatable bonds is 5. The predicted molar refractivity (Wildman–Crippen MR) is 79.6 cm³/mol. The monoisotopic (exact) mass is 297 g/mol. The third-order valence-corrected chi connectivity index (χ3v) is 4.43. The molecule has 3 unspecified atom stereocenters. The number of likely N-dealkylation sites (tertiary alicyclic amines) is 1. The number of piperidine rings is 1. The van der Waals surface area contributed by atoms with Gasteiger partial charge >= 0.3 is 0 Å². The molecule has 2 amide bonds. The molecule has 0 aromatic heterocycles. The van der Waals surface area contributed by atoms with Gasteiger partial charge in [-0.25, -0.2) is 0 Å². The fraction of sp³-hybridized carbons (Fsp3) is 0.867. The Kier molecular flexibility index (Phi) is 5.99. The van der Waals surface area contributed by atoms with Gasteiger partial charge in [-0.2, -0.15) is 0 Å². The van der Waals surface area contributed by atoms with Crippen LogP contribution in [-0.2, 0) is 9.59 Å². The molecule has 6 nitrogen and oxygen atoms in total. The van der Waals surface area contributed by atoms with E-state index >= 15 is 0 Å². The Morgan fingerprint density at radius 2 is 2.14 bits per heavy atom. The molecule has 2 aliphatic rings. The van der Waals surface area contributed by atoms with Crippen molar-refractivity contribution in [2.45, 2.75) is 51.2 Å². The molecule has 2 heterocycles. The standard InChI is InChI=1S/C15H27N3O3/c1-2-5-14(20)18-7-4-3-6-12(18)15(21)17-9-11-8-16-10-13(11)19/h11-13,16,19H,2-10H2,1H3,(H,17,21). The summed E-state index contributed by atoms with van der Waals surface area (Å²) in [5.41, 5.74) is 0. The van der Waals surface area contributed by atoms with Crippen LogP contribution in [0.15, 0.2) is 0 Å². The van der Waals surface area contributed by atoms with Crippen molar-refractivity contribution in [3.63, 3.8) is 0 Å². The molecule has 0 spiro atoms. The molecule has 2 saturated heterocycles. The minimum atomic E-state index is -0.394. The molecule has 2 aliphatic heterocycles. The van der Waals surface area contributed by atoms with Gasteiger partial charge < -0.3 is 20.6 Å². The first-order chi connectivity index (χ1) is 10.1. The van der Waals surface area contributed by atoms with Gasteiger partial charge in [-0.15, -0.1) is 0 Å². The highest BCUT2D eigenvalue weighted by Crippen LogP contribution is 2.19. The van der Waals surface area contributed by atoms with E-state index in [2.05, 4.69) is 10.6 Å². The number of amides is 2. The molecular weight excluding hydrogens is 270 g/mol. The Bertz CT molecular complexity index is 375. The highest BCUT2D eigenvalue weighted by molar-refractivity contribution is 5.87.